The van der Waals surface area contributed by atoms with E-state index in [0.29, 0.717) is 12.3 Å². The molecule has 3 N–H and O–H groups in total. The van der Waals surface area contributed by atoms with Gasteiger partial charge in [-0.05, 0) is 44.3 Å². The van der Waals surface area contributed by atoms with E-state index in [9.17, 15) is 4.79 Å². The Morgan fingerprint density at radius 1 is 1.35 bits per heavy atom. The summed E-state index contributed by atoms with van der Waals surface area (Å²) in [6, 6.07) is 0. The van der Waals surface area contributed by atoms with Gasteiger partial charge in [-0.2, -0.15) is 0 Å². The third kappa shape index (κ3) is 6.03. The highest BCUT2D eigenvalue weighted by Crippen LogP contribution is 2.23. The van der Waals surface area contributed by atoms with Crippen LogP contribution in [0.15, 0.2) is 0 Å². The quantitative estimate of drug-likeness (QED) is 0.576. The van der Waals surface area contributed by atoms with Crippen LogP contribution in [-0.4, -0.2) is 38.6 Å². The molecule has 1 aliphatic heterocycles. The van der Waals surface area contributed by atoms with Gasteiger partial charge in [0.1, 0.15) is 0 Å². The molecular weight excluding hydrogens is 214 g/mol. The van der Waals surface area contributed by atoms with Crippen molar-refractivity contribution in [2.75, 3.05) is 32.7 Å². The van der Waals surface area contributed by atoms with E-state index in [1.807, 2.05) is 0 Å². The standard InChI is InChI=1S/C13H27N3O/c1-3-14-8-9-16-13(17)10-11(2)12-4-6-15-7-5-12/h11-12,14-15H,3-10H2,1-2H3,(H,16,17). The van der Waals surface area contributed by atoms with E-state index < -0.39 is 0 Å². The Hall–Kier alpha value is -0.610. The topological polar surface area (TPSA) is 53.2 Å². The lowest BCUT2D eigenvalue weighted by atomic mass is 9.84. The molecule has 0 bridgehead atoms. The first-order valence-corrected chi connectivity index (χ1v) is 6.92. The Balaban J connectivity index is 2.11. The first-order valence-electron chi connectivity index (χ1n) is 6.92. The van der Waals surface area contributed by atoms with Crippen LogP contribution in [0.4, 0.5) is 0 Å². The van der Waals surface area contributed by atoms with Crippen LogP contribution in [0.1, 0.15) is 33.1 Å². The predicted octanol–water partition coefficient (Wildman–Crippen LogP) is 0.738. The molecule has 100 valence electrons. The minimum atomic E-state index is 0.203. The summed E-state index contributed by atoms with van der Waals surface area (Å²) in [5.41, 5.74) is 0. The predicted molar refractivity (Wildman–Crippen MR) is 70.9 cm³/mol. The first-order chi connectivity index (χ1) is 8.24. The second kappa shape index (κ2) is 8.48. The highest BCUT2D eigenvalue weighted by atomic mass is 16.1. The van der Waals surface area contributed by atoms with Crippen molar-refractivity contribution >= 4 is 5.91 Å². The third-order valence-electron chi connectivity index (χ3n) is 3.57. The van der Waals surface area contributed by atoms with Crippen molar-refractivity contribution in [1.82, 2.24) is 16.0 Å². The van der Waals surface area contributed by atoms with Crippen molar-refractivity contribution in [2.24, 2.45) is 11.8 Å². The molecule has 4 nitrogen and oxygen atoms in total. The van der Waals surface area contributed by atoms with Gasteiger partial charge >= 0.3 is 0 Å². The average Bonchev–Trinajstić information content (AvgIpc) is 2.36. The van der Waals surface area contributed by atoms with Crippen LogP contribution in [0.2, 0.25) is 0 Å². The van der Waals surface area contributed by atoms with Gasteiger partial charge in [-0.3, -0.25) is 4.79 Å². The Morgan fingerprint density at radius 3 is 2.71 bits per heavy atom. The smallest absolute Gasteiger partial charge is 0.220 e. The molecular formula is C13H27N3O. The van der Waals surface area contributed by atoms with E-state index in [1.54, 1.807) is 0 Å². The Morgan fingerprint density at radius 2 is 2.06 bits per heavy atom. The molecule has 0 aromatic rings. The summed E-state index contributed by atoms with van der Waals surface area (Å²) in [7, 11) is 0. The number of hydrogen-bond donors (Lipinski definition) is 3. The lowest BCUT2D eigenvalue weighted by Crippen LogP contribution is -2.35. The Bertz CT molecular complexity index is 215. The zero-order chi connectivity index (χ0) is 12.5. The maximum atomic E-state index is 11.7. The van der Waals surface area contributed by atoms with Gasteiger partial charge in [0.25, 0.3) is 0 Å². The summed E-state index contributed by atoms with van der Waals surface area (Å²) in [4.78, 5) is 11.7. The molecule has 17 heavy (non-hydrogen) atoms. The summed E-state index contributed by atoms with van der Waals surface area (Å²) in [6.07, 6.45) is 3.11. The van der Waals surface area contributed by atoms with E-state index in [2.05, 4.69) is 29.8 Å². The molecule has 0 saturated carbocycles. The fourth-order valence-corrected chi connectivity index (χ4v) is 2.41. The number of hydrogen-bond acceptors (Lipinski definition) is 3. The Labute approximate surface area is 105 Å². The number of likely N-dealkylation sites (N-methyl/N-ethyl adjacent to an activating group) is 1. The van der Waals surface area contributed by atoms with Crippen LogP contribution in [0.5, 0.6) is 0 Å². The molecule has 0 radical (unpaired) electrons. The van der Waals surface area contributed by atoms with E-state index in [1.165, 1.54) is 12.8 Å². The second-order valence-electron chi connectivity index (χ2n) is 4.97. The minimum Gasteiger partial charge on any atom is -0.355 e. The van der Waals surface area contributed by atoms with Gasteiger partial charge in [-0.15, -0.1) is 0 Å². The van der Waals surface area contributed by atoms with Crippen molar-refractivity contribution in [2.45, 2.75) is 33.1 Å². The highest BCUT2D eigenvalue weighted by Gasteiger charge is 2.21. The summed E-state index contributed by atoms with van der Waals surface area (Å²) in [6.45, 7) is 9.06. The maximum absolute atomic E-state index is 11.7. The van der Waals surface area contributed by atoms with Crippen LogP contribution >= 0.6 is 0 Å². The normalized spacial score (nSPS) is 18.9. The average molecular weight is 241 g/mol. The van der Waals surface area contributed by atoms with Crippen LogP contribution in [0.25, 0.3) is 0 Å². The number of carbonyl (C=O) groups is 1. The summed E-state index contributed by atoms with van der Waals surface area (Å²) in [5, 5.41) is 9.53. The molecule has 1 atom stereocenters. The molecule has 1 unspecified atom stereocenters. The van der Waals surface area contributed by atoms with Crippen molar-refractivity contribution in [1.29, 1.82) is 0 Å². The van der Waals surface area contributed by atoms with Gasteiger partial charge in [-0.1, -0.05) is 13.8 Å². The zero-order valence-electron chi connectivity index (χ0n) is 11.2. The number of carbonyl (C=O) groups excluding carboxylic acids is 1. The number of amides is 1. The van der Waals surface area contributed by atoms with Gasteiger partial charge in [0.2, 0.25) is 5.91 Å². The lowest BCUT2D eigenvalue weighted by Gasteiger charge is -2.27. The molecule has 1 aliphatic rings. The molecule has 1 rings (SSSR count). The van der Waals surface area contributed by atoms with E-state index in [4.69, 9.17) is 0 Å². The Kier molecular flexibility index (Phi) is 7.21. The maximum Gasteiger partial charge on any atom is 0.220 e. The third-order valence-corrected chi connectivity index (χ3v) is 3.57. The first kappa shape index (κ1) is 14.5. The van der Waals surface area contributed by atoms with Crippen molar-refractivity contribution in [3.05, 3.63) is 0 Å². The van der Waals surface area contributed by atoms with Crippen LogP contribution in [0, 0.1) is 11.8 Å². The second-order valence-corrected chi connectivity index (χ2v) is 4.97. The van der Waals surface area contributed by atoms with Gasteiger partial charge in [0, 0.05) is 19.5 Å². The van der Waals surface area contributed by atoms with Gasteiger partial charge in [0.15, 0.2) is 0 Å². The number of piperidine rings is 1. The van der Waals surface area contributed by atoms with E-state index in [0.717, 1.165) is 38.6 Å². The molecule has 0 aromatic heterocycles. The van der Waals surface area contributed by atoms with Gasteiger partial charge in [-0.25, -0.2) is 0 Å². The molecule has 0 spiro atoms. The molecule has 0 aliphatic carbocycles. The SMILES string of the molecule is CCNCCNC(=O)CC(C)C1CCNCC1. The van der Waals surface area contributed by atoms with Crippen molar-refractivity contribution in [3.63, 3.8) is 0 Å². The van der Waals surface area contributed by atoms with Crippen LogP contribution in [-0.2, 0) is 4.79 Å². The minimum absolute atomic E-state index is 0.203. The van der Waals surface area contributed by atoms with E-state index in [-0.39, 0.29) is 5.91 Å². The largest absolute Gasteiger partial charge is 0.355 e. The molecule has 4 heteroatoms. The van der Waals surface area contributed by atoms with Crippen LogP contribution in [0.3, 0.4) is 0 Å². The van der Waals surface area contributed by atoms with Crippen molar-refractivity contribution < 1.29 is 4.79 Å². The van der Waals surface area contributed by atoms with Crippen molar-refractivity contribution in [3.8, 4) is 0 Å². The summed E-state index contributed by atoms with van der Waals surface area (Å²) in [5.74, 6) is 1.43. The molecule has 0 aromatic carbocycles. The summed E-state index contributed by atoms with van der Waals surface area (Å²) >= 11 is 0. The van der Waals surface area contributed by atoms with Gasteiger partial charge < -0.3 is 16.0 Å². The summed E-state index contributed by atoms with van der Waals surface area (Å²) < 4.78 is 0. The van der Waals surface area contributed by atoms with E-state index >= 15 is 0 Å². The fraction of sp³-hybridized carbons (Fsp3) is 0.923. The molecule has 1 saturated heterocycles. The fourth-order valence-electron chi connectivity index (χ4n) is 2.41. The van der Waals surface area contributed by atoms with Gasteiger partial charge in [0.05, 0.1) is 0 Å². The lowest BCUT2D eigenvalue weighted by molar-refractivity contribution is -0.122. The highest BCUT2D eigenvalue weighted by molar-refractivity contribution is 5.76. The number of rotatable bonds is 7. The molecule has 1 fully saturated rings. The zero-order valence-corrected chi connectivity index (χ0v) is 11.2. The molecule has 1 heterocycles. The number of nitrogens with one attached hydrogen (secondary N) is 3. The van der Waals surface area contributed by atoms with Crippen LogP contribution < -0.4 is 16.0 Å². The molecule has 1 amide bonds. The monoisotopic (exact) mass is 241 g/mol.